The van der Waals surface area contributed by atoms with Crippen LogP contribution in [0.15, 0.2) is 48.5 Å². The highest BCUT2D eigenvalue weighted by molar-refractivity contribution is 6.00. The van der Waals surface area contributed by atoms with Gasteiger partial charge in [0.1, 0.15) is 0 Å². The number of benzene rings is 2. The molecule has 2 amide bonds. The molecule has 0 spiro atoms. The molecule has 30 heavy (non-hydrogen) atoms. The molecule has 0 aliphatic heterocycles. The van der Waals surface area contributed by atoms with Crippen LogP contribution in [0, 0.1) is 0 Å². The second-order valence-corrected chi connectivity index (χ2v) is 6.22. The number of alkyl halides is 3. The van der Waals surface area contributed by atoms with E-state index in [4.69, 9.17) is 4.74 Å². The number of nitrogens with one attached hydrogen (secondary N) is 2. The first-order chi connectivity index (χ1) is 14.3. The Morgan fingerprint density at radius 3 is 2.53 bits per heavy atom. The summed E-state index contributed by atoms with van der Waals surface area (Å²) in [6.45, 7) is 1.62. The number of para-hydroxylation sites is 3. The molecule has 7 nitrogen and oxygen atoms in total. The highest BCUT2D eigenvalue weighted by atomic mass is 19.4. The monoisotopic (exact) mass is 420 g/mol. The quantitative estimate of drug-likeness (QED) is 0.589. The van der Waals surface area contributed by atoms with E-state index >= 15 is 0 Å². The summed E-state index contributed by atoms with van der Waals surface area (Å²) >= 11 is 0. The van der Waals surface area contributed by atoms with Crippen molar-refractivity contribution in [1.29, 1.82) is 0 Å². The standard InChI is InChI=1S/C20H19F3N4O3/c1-2-30-17(28)13-7-3-4-8-14(13)26-19(29)24-11-12-27-16-10-6-5-9-15(16)25-18(27)20(21,22)23/h3-10H,2,11-12H2,1H3,(H2,24,26,29). The smallest absolute Gasteiger partial charge is 0.449 e. The Kier molecular flexibility index (Phi) is 6.24. The number of anilines is 1. The van der Waals surface area contributed by atoms with E-state index in [0.29, 0.717) is 5.52 Å². The molecule has 1 heterocycles. The van der Waals surface area contributed by atoms with Gasteiger partial charge in [-0.1, -0.05) is 24.3 Å². The summed E-state index contributed by atoms with van der Waals surface area (Å²) < 4.78 is 45.9. The normalized spacial score (nSPS) is 11.3. The minimum atomic E-state index is -4.63. The number of imidazole rings is 1. The van der Waals surface area contributed by atoms with E-state index < -0.39 is 24.0 Å². The zero-order valence-corrected chi connectivity index (χ0v) is 16.0. The molecule has 0 aliphatic rings. The van der Waals surface area contributed by atoms with Crippen LogP contribution in [0.2, 0.25) is 0 Å². The van der Waals surface area contributed by atoms with Crippen LogP contribution >= 0.6 is 0 Å². The molecule has 2 aromatic carbocycles. The van der Waals surface area contributed by atoms with Gasteiger partial charge in [0.15, 0.2) is 0 Å². The summed E-state index contributed by atoms with van der Waals surface area (Å²) in [5.41, 5.74) is 0.948. The predicted molar refractivity (Wildman–Crippen MR) is 104 cm³/mol. The van der Waals surface area contributed by atoms with Crippen LogP contribution < -0.4 is 10.6 Å². The van der Waals surface area contributed by atoms with Crippen molar-refractivity contribution in [2.24, 2.45) is 0 Å². The zero-order valence-electron chi connectivity index (χ0n) is 16.0. The fourth-order valence-electron chi connectivity index (χ4n) is 2.94. The van der Waals surface area contributed by atoms with Crippen molar-refractivity contribution in [1.82, 2.24) is 14.9 Å². The SMILES string of the molecule is CCOC(=O)c1ccccc1NC(=O)NCCn1c(C(F)(F)F)nc2ccccc21. The highest BCUT2D eigenvalue weighted by Gasteiger charge is 2.37. The van der Waals surface area contributed by atoms with Gasteiger partial charge in [-0.25, -0.2) is 14.6 Å². The van der Waals surface area contributed by atoms with Crippen LogP contribution in [0.4, 0.5) is 23.7 Å². The van der Waals surface area contributed by atoms with Crippen molar-refractivity contribution in [2.45, 2.75) is 19.6 Å². The van der Waals surface area contributed by atoms with Gasteiger partial charge in [-0.3, -0.25) is 0 Å². The van der Waals surface area contributed by atoms with Crippen LogP contribution in [0.5, 0.6) is 0 Å². The number of halogens is 3. The molecule has 0 saturated heterocycles. The highest BCUT2D eigenvalue weighted by Crippen LogP contribution is 2.31. The van der Waals surface area contributed by atoms with Crippen LogP contribution in [-0.2, 0) is 17.5 Å². The molecule has 0 saturated carbocycles. The van der Waals surface area contributed by atoms with Crippen molar-refractivity contribution in [3.05, 3.63) is 59.9 Å². The van der Waals surface area contributed by atoms with E-state index in [0.717, 1.165) is 4.57 Å². The van der Waals surface area contributed by atoms with E-state index in [-0.39, 0.29) is 36.5 Å². The Morgan fingerprint density at radius 1 is 1.10 bits per heavy atom. The first kappa shape index (κ1) is 21.2. The van der Waals surface area contributed by atoms with Crippen LogP contribution in [0.1, 0.15) is 23.1 Å². The van der Waals surface area contributed by atoms with Gasteiger partial charge < -0.3 is 19.9 Å². The molecule has 1 aromatic heterocycles. The van der Waals surface area contributed by atoms with E-state index in [2.05, 4.69) is 15.6 Å². The Morgan fingerprint density at radius 2 is 1.80 bits per heavy atom. The lowest BCUT2D eigenvalue weighted by atomic mass is 10.2. The lowest BCUT2D eigenvalue weighted by molar-refractivity contribution is -0.146. The van der Waals surface area contributed by atoms with Crippen molar-refractivity contribution >= 4 is 28.7 Å². The first-order valence-electron chi connectivity index (χ1n) is 9.14. The summed E-state index contributed by atoms with van der Waals surface area (Å²) in [7, 11) is 0. The third kappa shape index (κ3) is 4.70. The number of aromatic nitrogens is 2. The van der Waals surface area contributed by atoms with Gasteiger partial charge in [0.25, 0.3) is 0 Å². The number of nitrogens with zero attached hydrogens (tertiary/aromatic N) is 2. The lowest BCUT2D eigenvalue weighted by Gasteiger charge is -2.13. The van der Waals surface area contributed by atoms with Crippen molar-refractivity contribution in [3.63, 3.8) is 0 Å². The van der Waals surface area contributed by atoms with Gasteiger partial charge in [0.2, 0.25) is 5.82 Å². The van der Waals surface area contributed by atoms with E-state index in [9.17, 15) is 22.8 Å². The van der Waals surface area contributed by atoms with Gasteiger partial charge in [-0.15, -0.1) is 0 Å². The van der Waals surface area contributed by atoms with Crippen LogP contribution in [-0.4, -0.2) is 34.7 Å². The summed E-state index contributed by atoms with van der Waals surface area (Å²) in [5.74, 6) is -1.62. The van der Waals surface area contributed by atoms with Gasteiger partial charge in [-0.05, 0) is 31.2 Å². The van der Waals surface area contributed by atoms with Crippen LogP contribution in [0.25, 0.3) is 11.0 Å². The second-order valence-electron chi connectivity index (χ2n) is 6.22. The number of carbonyl (C=O) groups excluding carboxylic acids is 2. The first-order valence-corrected chi connectivity index (χ1v) is 9.14. The van der Waals surface area contributed by atoms with Gasteiger partial charge >= 0.3 is 18.2 Å². The fraction of sp³-hybridized carbons (Fsp3) is 0.250. The van der Waals surface area contributed by atoms with Crippen molar-refractivity contribution in [3.8, 4) is 0 Å². The number of carbonyl (C=O) groups is 2. The Hall–Kier alpha value is -3.56. The number of amides is 2. The molecule has 2 N–H and O–H groups in total. The Bertz CT molecular complexity index is 1060. The van der Waals surface area contributed by atoms with E-state index in [1.165, 1.54) is 24.3 Å². The summed E-state index contributed by atoms with van der Waals surface area (Å²) in [4.78, 5) is 27.8. The van der Waals surface area contributed by atoms with Gasteiger partial charge in [0, 0.05) is 13.1 Å². The Balaban J connectivity index is 1.68. The van der Waals surface area contributed by atoms with E-state index in [1.807, 2.05) is 0 Å². The molecule has 0 fully saturated rings. The molecule has 0 atom stereocenters. The van der Waals surface area contributed by atoms with Gasteiger partial charge in [-0.2, -0.15) is 13.2 Å². The molecule has 0 bridgehead atoms. The van der Waals surface area contributed by atoms with E-state index in [1.54, 1.807) is 31.2 Å². The second kappa shape index (κ2) is 8.85. The number of ether oxygens (including phenoxy) is 1. The maximum absolute atomic E-state index is 13.3. The average molecular weight is 420 g/mol. The minimum absolute atomic E-state index is 0.0865. The fourth-order valence-corrected chi connectivity index (χ4v) is 2.94. The maximum Gasteiger partial charge on any atom is 0.449 e. The minimum Gasteiger partial charge on any atom is -0.462 e. The summed E-state index contributed by atoms with van der Waals surface area (Å²) in [6, 6.07) is 11.9. The topological polar surface area (TPSA) is 85.2 Å². The molecular formula is C20H19F3N4O3. The van der Waals surface area contributed by atoms with Crippen molar-refractivity contribution in [2.75, 3.05) is 18.5 Å². The molecule has 0 unspecified atom stereocenters. The molecular weight excluding hydrogens is 401 g/mol. The molecule has 10 heteroatoms. The number of esters is 1. The molecule has 3 aromatic rings. The number of fused-ring (bicyclic) bond motifs is 1. The number of rotatable bonds is 6. The lowest BCUT2D eigenvalue weighted by Crippen LogP contribution is -2.32. The molecule has 158 valence electrons. The summed E-state index contributed by atoms with van der Waals surface area (Å²) in [6.07, 6.45) is -4.63. The van der Waals surface area contributed by atoms with Gasteiger partial charge in [0.05, 0.1) is 28.9 Å². The average Bonchev–Trinajstić information content (AvgIpc) is 3.08. The largest absolute Gasteiger partial charge is 0.462 e. The van der Waals surface area contributed by atoms with Crippen LogP contribution in [0.3, 0.4) is 0 Å². The summed E-state index contributed by atoms with van der Waals surface area (Å²) in [5, 5.41) is 5.01. The van der Waals surface area contributed by atoms with Crippen molar-refractivity contribution < 1.29 is 27.5 Å². The zero-order chi connectivity index (χ0) is 21.7. The maximum atomic E-state index is 13.3. The predicted octanol–water partition coefficient (Wildman–Crippen LogP) is 4.05. The number of hydrogen-bond donors (Lipinski definition) is 2. The third-order valence-corrected chi connectivity index (χ3v) is 4.20. The molecule has 0 radical (unpaired) electrons. The number of urea groups is 1. The Labute approximate surface area is 169 Å². The molecule has 3 rings (SSSR count). The third-order valence-electron chi connectivity index (χ3n) is 4.20. The molecule has 0 aliphatic carbocycles. The number of hydrogen-bond acceptors (Lipinski definition) is 4.